The van der Waals surface area contributed by atoms with Gasteiger partial charge in [-0.1, -0.05) is 0 Å². The van der Waals surface area contributed by atoms with E-state index in [0.29, 0.717) is 16.6 Å². The topological polar surface area (TPSA) is 106 Å². The fourth-order valence-electron chi connectivity index (χ4n) is 1.57. The summed E-state index contributed by atoms with van der Waals surface area (Å²) in [4.78, 5) is 17.4. The first-order chi connectivity index (χ1) is 7.63. The molecule has 0 saturated heterocycles. The zero-order valence-corrected chi connectivity index (χ0v) is 8.21. The molecule has 84 valence electrons. The Bertz CT molecular complexity index is 535. The minimum Gasteiger partial charge on any atom is -0.479 e. The molecule has 2 aromatic rings. The molecule has 1 aromatic carbocycles. The van der Waals surface area contributed by atoms with Crippen LogP contribution in [0.1, 0.15) is 17.2 Å². The number of carboxylic acid groups (broad SMARTS) is 1. The highest BCUT2D eigenvalue weighted by molar-refractivity contribution is 5.82. The van der Waals surface area contributed by atoms with Crippen LogP contribution in [0.25, 0.3) is 11.0 Å². The van der Waals surface area contributed by atoms with Crippen molar-refractivity contribution in [2.45, 2.75) is 12.7 Å². The molecule has 0 spiro atoms. The normalized spacial score (nSPS) is 12.9. The van der Waals surface area contributed by atoms with E-state index in [1.807, 2.05) is 0 Å². The summed E-state index contributed by atoms with van der Waals surface area (Å²) < 4.78 is 0. The summed E-state index contributed by atoms with van der Waals surface area (Å²) in [6, 6.07) is 2.93. The SMILES string of the molecule is O=C(O)C(O)c1cc(CO)c2nc[nH]c2c1. The number of nitrogens with one attached hydrogen (secondary N) is 1. The number of benzene rings is 1. The van der Waals surface area contributed by atoms with Gasteiger partial charge >= 0.3 is 5.97 Å². The summed E-state index contributed by atoms with van der Waals surface area (Å²) in [5.74, 6) is -1.33. The maximum Gasteiger partial charge on any atom is 0.337 e. The van der Waals surface area contributed by atoms with Gasteiger partial charge in [0, 0.05) is 5.56 Å². The number of hydrogen-bond acceptors (Lipinski definition) is 4. The van der Waals surface area contributed by atoms with Crippen molar-refractivity contribution >= 4 is 17.0 Å². The summed E-state index contributed by atoms with van der Waals surface area (Å²) >= 11 is 0. The maximum absolute atomic E-state index is 10.6. The van der Waals surface area contributed by atoms with E-state index in [4.69, 9.17) is 10.2 Å². The first-order valence-electron chi connectivity index (χ1n) is 4.61. The molecule has 0 fully saturated rings. The van der Waals surface area contributed by atoms with Crippen molar-refractivity contribution in [3.8, 4) is 0 Å². The van der Waals surface area contributed by atoms with Gasteiger partial charge in [-0.15, -0.1) is 0 Å². The lowest BCUT2D eigenvalue weighted by atomic mass is 10.0. The van der Waals surface area contributed by atoms with Gasteiger partial charge in [0.25, 0.3) is 0 Å². The van der Waals surface area contributed by atoms with Gasteiger partial charge in [-0.3, -0.25) is 0 Å². The van der Waals surface area contributed by atoms with Crippen molar-refractivity contribution < 1.29 is 20.1 Å². The highest BCUT2D eigenvalue weighted by Gasteiger charge is 2.18. The van der Waals surface area contributed by atoms with Crippen LogP contribution in [0.4, 0.5) is 0 Å². The molecule has 1 heterocycles. The van der Waals surface area contributed by atoms with Crippen molar-refractivity contribution in [2.24, 2.45) is 0 Å². The number of H-pyrrole nitrogens is 1. The molecule has 16 heavy (non-hydrogen) atoms. The van der Waals surface area contributed by atoms with Crippen LogP contribution in [0.3, 0.4) is 0 Å². The molecular formula is C10H10N2O4. The molecule has 6 nitrogen and oxygen atoms in total. The van der Waals surface area contributed by atoms with E-state index in [9.17, 15) is 9.90 Å². The predicted octanol–water partition coefficient (Wildman–Crippen LogP) is 0.173. The van der Waals surface area contributed by atoms with Crippen LogP contribution in [0, 0.1) is 0 Å². The third-order valence-corrected chi connectivity index (χ3v) is 2.34. The Morgan fingerprint density at radius 2 is 2.25 bits per heavy atom. The molecule has 6 heteroatoms. The summed E-state index contributed by atoms with van der Waals surface area (Å²) in [6.45, 7) is -0.262. The lowest BCUT2D eigenvalue weighted by molar-refractivity contribution is -0.146. The average Bonchev–Trinajstić information content (AvgIpc) is 2.74. The number of aromatic nitrogens is 2. The summed E-state index contributed by atoms with van der Waals surface area (Å²) in [6.07, 6.45) is -0.154. The van der Waals surface area contributed by atoms with E-state index in [1.54, 1.807) is 0 Å². The van der Waals surface area contributed by atoms with Crippen LogP contribution in [0.2, 0.25) is 0 Å². The molecule has 2 rings (SSSR count). The first kappa shape index (κ1) is 10.6. The summed E-state index contributed by atoms with van der Waals surface area (Å²) in [5.41, 5.74) is 1.85. The molecule has 0 aliphatic rings. The zero-order valence-electron chi connectivity index (χ0n) is 8.21. The number of hydrogen-bond donors (Lipinski definition) is 4. The molecule has 0 aliphatic carbocycles. The molecule has 4 N–H and O–H groups in total. The second-order valence-corrected chi connectivity index (χ2v) is 3.38. The molecule has 1 unspecified atom stereocenters. The second kappa shape index (κ2) is 3.92. The molecule has 0 aliphatic heterocycles. The van der Waals surface area contributed by atoms with Crippen LogP contribution in [-0.2, 0) is 11.4 Å². The van der Waals surface area contributed by atoms with Crippen molar-refractivity contribution in [3.63, 3.8) is 0 Å². The first-order valence-corrected chi connectivity index (χ1v) is 4.61. The van der Waals surface area contributed by atoms with Gasteiger partial charge in [0.2, 0.25) is 0 Å². The molecule has 1 aromatic heterocycles. The fraction of sp³-hybridized carbons (Fsp3) is 0.200. The molecule has 0 saturated carbocycles. The van der Waals surface area contributed by atoms with Gasteiger partial charge in [0.05, 0.1) is 24.0 Å². The predicted molar refractivity (Wildman–Crippen MR) is 54.6 cm³/mol. The Morgan fingerprint density at radius 1 is 1.50 bits per heavy atom. The Hall–Kier alpha value is -1.92. The summed E-state index contributed by atoms with van der Waals surface area (Å²) in [5, 5.41) is 27.2. The van der Waals surface area contributed by atoms with E-state index >= 15 is 0 Å². The number of aliphatic carboxylic acids is 1. The smallest absolute Gasteiger partial charge is 0.337 e. The maximum atomic E-state index is 10.6. The lowest BCUT2D eigenvalue weighted by Gasteiger charge is -2.07. The summed E-state index contributed by atoms with van der Waals surface area (Å²) in [7, 11) is 0. The van der Waals surface area contributed by atoms with E-state index in [-0.39, 0.29) is 12.2 Å². The van der Waals surface area contributed by atoms with E-state index in [2.05, 4.69) is 9.97 Å². The minimum atomic E-state index is -1.60. The van der Waals surface area contributed by atoms with Gasteiger partial charge in [-0.2, -0.15) is 0 Å². The van der Waals surface area contributed by atoms with Gasteiger partial charge in [-0.05, 0) is 17.7 Å². The molecule has 0 radical (unpaired) electrons. The highest BCUT2D eigenvalue weighted by atomic mass is 16.4. The molecule has 1 atom stereocenters. The molecule has 0 amide bonds. The third kappa shape index (κ3) is 1.64. The Morgan fingerprint density at radius 3 is 2.88 bits per heavy atom. The lowest BCUT2D eigenvalue weighted by Crippen LogP contribution is -2.10. The highest BCUT2D eigenvalue weighted by Crippen LogP contribution is 2.22. The monoisotopic (exact) mass is 222 g/mol. The number of aromatic amines is 1. The standard InChI is InChI=1S/C10H10N2O4/c13-3-6-1-5(9(14)10(15)16)2-7-8(6)12-4-11-7/h1-2,4,9,13-14H,3H2,(H,11,12)(H,15,16). The molecule has 0 bridgehead atoms. The number of fused-ring (bicyclic) bond motifs is 1. The third-order valence-electron chi connectivity index (χ3n) is 2.34. The van der Waals surface area contributed by atoms with Crippen LogP contribution < -0.4 is 0 Å². The van der Waals surface area contributed by atoms with Crippen LogP contribution >= 0.6 is 0 Å². The number of carboxylic acids is 1. The Labute approximate surface area is 90.2 Å². The average molecular weight is 222 g/mol. The van der Waals surface area contributed by atoms with Crippen LogP contribution in [0.15, 0.2) is 18.5 Å². The largest absolute Gasteiger partial charge is 0.479 e. The van der Waals surface area contributed by atoms with Gasteiger partial charge in [-0.25, -0.2) is 9.78 Å². The van der Waals surface area contributed by atoms with Gasteiger partial charge in [0.1, 0.15) is 0 Å². The number of rotatable bonds is 3. The minimum absolute atomic E-state index is 0.216. The number of aliphatic hydroxyl groups is 2. The van der Waals surface area contributed by atoms with Gasteiger partial charge in [0.15, 0.2) is 6.10 Å². The van der Waals surface area contributed by atoms with E-state index < -0.39 is 12.1 Å². The van der Waals surface area contributed by atoms with Crippen molar-refractivity contribution in [2.75, 3.05) is 0 Å². The van der Waals surface area contributed by atoms with E-state index in [0.717, 1.165) is 0 Å². The number of imidazole rings is 1. The fourth-order valence-corrected chi connectivity index (χ4v) is 1.57. The Balaban J connectivity index is 2.59. The second-order valence-electron chi connectivity index (χ2n) is 3.38. The number of nitrogens with zero attached hydrogens (tertiary/aromatic N) is 1. The van der Waals surface area contributed by atoms with Crippen molar-refractivity contribution in [1.82, 2.24) is 9.97 Å². The van der Waals surface area contributed by atoms with Crippen LogP contribution in [-0.4, -0.2) is 31.3 Å². The number of aliphatic hydroxyl groups excluding tert-OH is 2. The molecular weight excluding hydrogens is 212 g/mol. The quantitative estimate of drug-likeness (QED) is 0.592. The van der Waals surface area contributed by atoms with Gasteiger partial charge < -0.3 is 20.3 Å². The van der Waals surface area contributed by atoms with E-state index in [1.165, 1.54) is 18.5 Å². The number of carbonyl (C=O) groups is 1. The zero-order chi connectivity index (χ0) is 11.7. The Kier molecular flexibility index (Phi) is 2.59. The van der Waals surface area contributed by atoms with Crippen molar-refractivity contribution in [3.05, 3.63) is 29.6 Å². The van der Waals surface area contributed by atoms with Crippen molar-refractivity contribution in [1.29, 1.82) is 0 Å². The van der Waals surface area contributed by atoms with Crippen LogP contribution in [0.5, 0.6) is 0 Å².